The van der Waals surface area contributed by atoms with Crippen LogP contribution in [-0.2, 0) is 62.3 Å². The molecule has 3 rings (SSSR count). The van der Waals surface area contributed by atoms with Crippen LogP contribution < -0.4 is 31.2 Å². The lowest BCUT2D eigenvalue weighted by molar-refractivity contribution is -0.142. The van der Waals surface area contributed by atoms with Crippen LogP contribution in [0.2, 0.25) is 0 Å². The van der Waals surface area contributed by atoms with Crippen molar-refractivity contribution >= 4 is 66.8 Å². The van der Waals surface area contributed by atoms with Gasteiger partial charge in [-0.25, -0.2) is 27.7 Å². The quantitative estimate of drug-likeness (QED) is 0.0403. The summed E-state index contributed by atoms with van der Waals surface area (Å²) < 4.78 is 76.4. The lowest BCUT2D eigenvalue weighted by atomic mass is 10.1. The first-order chi connectivity index (χ1) is 33.7. The molecule has 23 nitrogen and oxygen atoms in total. The van der Waals surface area contributed by atoms with Crippen LogP contribution in [0.25, 0.3) is 11.0 Å². The average Bonchev–Trinajstić information content (AvgIpc) is 3.70. The predicted molar refractivity (Wildman–Crippen MR) is 259 cm³/mol. The number of rotatable bonds is 41. The highest BCUT2D eigenvalue weighted by Crippen LogP contribution is 2.25. The molecule has 0 aliphatic heterocycles. The Morgan fingerprint density at radius 1 is 0.757 bits per heavy atom. The molecule has 5 N–H and O–H groups in total. The molecule has 1 atom stereocenters. The Bertz CT molecular complexity index is 2190. The van der Waals surface area contributed by atoms with Crippen molar-refractivity contribution in [3.05, 3.63) is 45.1 Å². The van der Waals surface area contributed by atoms with Crippen LogP contribution in [-0.4, -0.2) is 180 Å². The standard InChI is InChI=1S/C45H70N6O17S2/c1-5-51(6-2)36-11-10-35-31-37(44(57)68-39(35)32-36)41(54)46-13-8-7-9-38(43(55)56)49-40(53)12-15-60-17-19-62-21-23-64-25-27-66-29-30-67-28-26-65-24-22-63-20-18-61-16-14-47-70(58,59)42-33(3)69-45(50-42)48-34(4)52/h10-11,31-32,38,47H,5-9,12-30H2,1-4H3,(H,46,54)(H,49,53)(H,55,56)(H,48,50,52). The number of anilines is 2. The molecule has 70 heavy (non-hydrogen) atoms. The molecule has 394 valence electrons. The van der Waals surface area contributed by atoms with Gasteiger partial charge < -0.3 is 68.3 Å². The van der Waals surface area contributed by atoms with Crippen molar-refractivity contribution < 1.29 is 75.0 Å². The Morgan fingerprint density at radius 2 is 1.29 bits per heavy atom. The van der Waals surface area contributed by atoms with Gasteiger partial charge in [0.05, 0.1) is 106 Å². The summed E-state index contributed by atoms with van der Waals surface area (Å²) in [4.78, 5) is 67.1. The number of carboxylic acid groups (broad SMARTS) is 1. The molecule has 0 fully saturated rings. The second kappa shape index (κ2) is 34.6. The molecular formula is C45H70N6O17S2. The van der Waals surface area contributed by atoms with Gasteiger partial charge in [0, 0.05) is 61.5 Å². The number of hydrogen-bond donors (Lipinski definition) is 5. The average molecular weight is 1030 g/mol. The molecule has 2 heterocycles. The number of ether oxygens (including phenoxy) is 8. The Labute approximate surface area is 412 Å². The number of unbranched alkanes of at least 4 members (excludes halogenated alkanes) is 1. The Hall–Kier alpha value is -4.67. The van der Waals surface area contributed by atoms with Gasteiger partial charge in [0.1, 0.15) is 17.2 Å². The first kappa shape index (κ1) is 59.6. The third-order valence-corrected chi connectivity index (χ3v) is 12.3. The van der Waals surface area contributed by atoms with Crippen LogP contribution in [0.5, 0.6) is 0 Å². The molecule has 0 aliphatic rings. The van der Waals surface area contributed by atoms with Crippen LogP contribution in [0.1, 0.15) is 61.7 Å². The Balaban J connectivity index is 1.05. The topological polar surface area (TPSA) is 291 Å². The fourth-order valence-corrected chi connectivity index (χ4v) is 8.64. The zero-order valence-electron chi connectivity index (χ0n) is 40.5. The molecule has 0 bridgehead atoms. The molecule has 0 aliphatic carbocycles. The number of nitrogens with one attached hydrogen (secondary N) is 4. The number of carbonyl (C=O) groups excluding carboxylic acids is 3. The van der Waals surface area contributed by atoms with E-state index in [1.54, 1.807) is 19.1 Å². The van der Waals surface area contributed by atoms with Gasteiger partial charge in [-0.1, -0.05) is 0 Å². The van der Waals surface area contributed by atoms with Crippen LogP contribution in [0.4, 0.5) is 10.8 Å². The highest BCUT2D eigenvalue weighted by Gasteiger charge is 2.23. The maximum absolute atomic E-state index is 12.7. The fourth-order valence-electron chi connectivity index (χ4n) is 6.30. The summed E-state index contributed by atoms with van der Waals surface area (Å²) in [5, 5.41) is 18.0. The molecule has 0 spiro atoms. The van der Waals surface area contributed by atoms with Gasteiger partial charge in [-0.15, -0.1) is 11.3 Å². The molecule has 2 aromatic heterocycles. The number of aliphatic carboxylic acids is 1. The van der Waals surface area contributed by atoms with Crippen molar-refractivity contribution in [2.45, 2.75) is 64.4 Å². The van der Waals surface area contributed by atoms with Crippen LogP contribution in [0.3, 0.4) is 0 Å². The number of hydrogen-bond acceptors (Lipinski definition) is 19. The highest BCUT2D eigenvalue weighted by atomic mass is 32.2. The van der Waals surface area contributed by atoms with Gasteiger partial charge in [0.2, 0.25) is 11.8 Å². The molecule has 0 saturated heterocycles. The third kappa shape index (κ3) is 24.0. The SMILES string of the molecule is CCN(CC)c1ccc2cc(C(=O)NCCCCC(NC(=O)CCOCCOCCOCCOCCOCCOCCOCCOCCNS(=O)(=O)c3nc(NC(C)=O)sc3C)C(=O)O)c(=O)oc2c1. The normalized spacial score (nSPS) is 12.0. The molecule has 0 saturated carbocycles. The van der Waals surface area contributed by atoms with Crippen LogP contribution >= 0.6 is 11.3 Å². The predicted octanol–water partition coefficient (Wildman–Crippen LogP) is 2.33. The van der Waals surface area contributed by atoms with Gasteiger partial charge >= 0.3 is 11.6 Å². The van der Waals surface area contributed by atoms with E-state index in [0.717, 1.165) is 30.1 Å². The van der Waals surface area contributed by atoms with Crippen molar-refractivity contribution in [3.8, 4) is 0 Å². The van der Waals surface area contributed by atoms with Crippen LogP contribution in [0, 0.1) is 6.92 Å². The maximum atomic E-state index is 12.7. The molecule has 25 heteroatoms. The fraction of sp³-hybridized carbons (Fsp3) is 0.644. The number of benzene rings is 1. The molecule has 3 amide bonds. The summed E-state index contributed by atoms with van der Waals surface area (Å²) in [7, 11) is -3.83. The highest BCUT2D eigenvalue weighted by molar-refractivity contribution is 7.89. The molecule has 1 aromatic carbocycles. The minimum Gasteiger partial charge on any atom is -0.480 e. The Kier molecular flexibility index (Phi) is 29.5. The van der Waals surface area contributed by atoms with Gasteiger partial charge in [0.15, 0.2) is 10.2 Å². The van der Waals surface area contributed by atoms with E-state index in [0.29, 0.717) is 108 Å². The number of aromatic nitrogens is 1. The monoisotopic (exact) mass is 1030 g/mol. The maximum Gasteiger partial charge on any atom is 0.349 e. The zero-order chi connectivity index (χ0) is 51.0. The minimum absolute atomic E-state index is 0.0243. The number of amides is 3. The number of aryl methyl sites for hydroxylation is 1. The van der Waals surface area contributed by atoms with Gasteiger partial charge in [0.25, 0.3) is 15.9 Å². The van der Waals surface area contributed by atoms with Gasteiger partial charge in [-0.2, -0.15) is 0 Å². The van der Waals surface area contributed by atoms with Crippen molar-refractivity contribution in [2.24, 2.45) is 0 Å². The second-order valence-corrected chi connectivity index (χ2v) is 18.0. The summed E-state index contributed by atoms with van der Waals surface area (Å²) in [6.07, 6.45) is 0.960. The Morgan fingerprint density at radius 3 is 1.80 bits per heavy atom. The smallest absolute Gasteiger partial charge is 0.349 e. The van der Waals surface area contributed by atoms with E-state index in [1.165, 1.54) is 13.0 Å². The first-order valence-corrected chi connectivity index (χ1v) is 25.5. The molecule has 1 unspecified atom stereocenters. The van der Waals surface area contributed by atoms with E-state index < -0.39 is 39.5 Å². The number of carboxylic acids is 1. The summed E-state index contributed by atoms with van der Waals surface area (Å²) in [5.74, 6) is -2.54. The van der Waals surface area contributed by atoms with E-state index in [-0.39, 0.29) is 74.0 Å². The number of sulfonamides is 1. The number of fused-ring (bicyclic) bond motifs is 1. The second-order valence-electron chi connectivity index (χ2n) is 15.2. The molecule has 0 radical (unpaired) electrons. The number of thiazole rings is 1. The zero-order valence-corrected chi connectivity index (χ0v) is 42.2. The third-order valence-electron chi connectivity index (χ3n) is 9.84. The van der Waals surface area contributed by atoms with E-state index in [2.05, 4.69) is 30.6 Å². The van der Waals surface area contributed by atoms with E-state index in [4.69, 9.17) is 42.3 Å². The lowest BCUT2D eigenvalue weighted by Gasteiger charge is -2.21. The van der Waals surface area contributed by atoms with E-state index in [9.17, 15) is 37.5 Å². The minimum atomic E-state index is -3.83. The summed E-state index contributed by atoms with van der Waals surface area (Å²) in [6, 6.07) is 5.90. The summed E-state index contributed by atoms with van der Waals surface area (Å²) >= 11 is 1.08. The number of nitrogens with zero attached hydrogens (tertiary/aromatic N) is 2. The van der Waals surface area contributed by atoms with E-state index in [1.807, 2.05) is 19.9 Å². The lowest BCUT2D eigenvalue weighted by Crippen LogP contribution is -2.41. The summed E-state index contributed by atoms with van der Waals surface area (Å²) in [5.41, 5.74) is 0.449. The first-order valence-electron chi connectivity index (χ1n) is 23.3. The van der Waals surface area contributed by atoms with Crippen molar-refractivity contribution in [3.63, 3.8) is 0 Å². The largest absolute Gasteiger partial charge is 0.480 e. The van der Waals surface area contributed by atoms with Gasteiger partial charge in [-0.3, -0.25) is 14.4 Å². The van der Waals surface area contributed by atoms with Crippen molar-refractivity contribution in [2.75, 3.05) is 142 Å². The molecular weight excluding hydrogens is 961 g/mol. The van der Waals surface area contributed by atoms with Crippen molar-refractivity contribution in [1.82, 2.24) is 20.3 Å². The number of carbonyl (C=O) groups is 4. The van der Waals surface area contributed by atoms with Gasteiger partial charge in [-0.05, 0) is 58.2 Å². The van der Waals surface area contributed by atoms with Crippen LogP contribution in [0.15, 0.2) is 38.5 Å². The molecule has 3 aromatic rings. The van der Waals surface area contributed by atoms with E-state index >= 15 is 0 Å². The van der Waals surface area contributed by atoms with Crippen molar-refractivity contribution in [1.29, 1.82) is 0 Å². The summed E-state index contributed by atoms with van der Waals surface area (Å²) in [6.45, 7) is 14.0.